The van der Waals surface area contributed by atoms with Gasteiger partial charge < -0.3 is 5.11 Å². The maximum atomic E-state index is 11.4. The van der Waals surface area contributed by atoms with Gasteiger partial charge in [-0.25, -0.2) is 5.84 Å². The molecule has 0 heterocycles. The van der Waals surface area contributed by atoms with Gasteiger partial charge in [0.05, 0.1) is 5.41 Å². The summed E-state index contributed by atoms with van der Waals surface area (Å²) in [6, 6.07) is 7.05. The van der Waals surface area contributed by atoms with Crippen molar-refractivity contribution in [1.29, 1.82) is 0 Å². The molecule has 1 amide bonds. The van der Waals surface area contributed by atoms with E-state index in [-0.39, 0.29) is 11.7 Å². The standard InChI is InChI=1S/C11H16N2O2S/c1-11(2,10(15)13-12)7-16-9-6-4-3-5-8(9)14/h3-6,14H,7,12H2,1-2H3,(H,13,15). The number of amides is 1. The number of thioether (sulfide) groups is 1. The first-order valence-electron chi connectivity index (χ1n) is 4.89. The molecule has 88 valence electrons. The summed E-state index contributed by atoms with van der Waals surface area (Å²) in [6.45, 7) is 3.62. The van der Waals surface area contributed by atoms with Crippen LogP contribution in [0.4, 0.5) is 0 Å². The van der Waals surface area contributed by atoms with Crippen molar-refractivity contribution in [3.63, 3.8) is 0 Å². The van der Waals surface area contributed by atoms with Crippen molar-refractivity contribution < 1.29 is 9.90 Å². The lowest BCUT2D eigenvalue weighted by Crippen LogP contribution is -2.42. The number of phenolic OH excluding ortho intramolecular Hbond substituents is 1. The van der Waals surface area contributed by atoms with Crippen molar-refractivity contribution in [1.82, 2.24) is 5.43 Å². The zero-order valence-corrected chi connectivity index (χ0v) is 10.2. The van der Waals surface area contributed by atoms with E-state index < -0.39 is 5.41 Å². The molecule has 16 heavy (non-hydrogen) atoms. The number of carbonyl (C=O) groups excluding carboxylic acids is 1. The predicted molar refractivity (Wildman–Crippen MR) is 64.9 cm³/mol. The highest BCUT2D eigenvalue weighted by atomic mass is 32.2. The molecule has 1 rings (SSSR count). The van der Waals surface area contributed by atoms with Crippen molar-refractivity contribution in [2.75, 3.05) is 5.75 Å². The van der Waals surface area contributed by atoms with Crippen LogP contribution in [-0.4, -0.2) is 16.8 Å². The van der Waals surface area contributed by atoms with Crippen LogP contribution in [-0.2, 0) is 4.79 Å². The van der Waals surface area contributed by atoms with E-state index in [2.05, 4.69) is 5.43 Å². The molecule has 1 aromatic rings. The van der Waals surface area contributed by atoms with E-state index in [0.717, 1.165) is 4.90 Å². The van der Waals surface area contributed by atoms with E-state index in [4.69, 9.17) is 5.84 Å². The Hall–Kier alpha value is -1.20. The molecule has 0 aromatic heterocycles. The molecule has 0 saturated heterocycles. The Morgan fingerprint density at radius 2 is 2.12 bits per heavy atom. The van der Waals surface area contributed by atoms with Crippen molar-refractivity contribution in [2.24, 2.45) is 11.3 Å². The zero-order valence-electron chi connectivity index (χ0n) is 9.36. The molecular weight excluding hydrogens is 224 g/mol. The van der Waals surface area contributed by atoms with Crippen molar-refractivity contribution in [2.45, 2.75) is 18.7 Å². The van der Waals surface area contributed by atoms with Crippen LogP contribution in [0.1, 0.15) is 13.8 Å². The van der Waals surface area contributed by atoms with Gasteiger partial charge >= 0.3 is 0 Å². The van der Waals surface area contributed by atoms with Crippen LogP contribution in [0.5, 0.6) is 5.75 Å². The average Bonchev–Trinajstić information content (AvgIpc) is 2.27. The minimum atomic E-state index is -0.568. The highest BCUT2D eigenvalue weighted by molar-refractivity contribution is 7.99. The van der Waals surface area contributed by atoms with Gasteiger partial charge in [-0.1, -0.05) is 26.0 Å². The first-order chi connectivity index (χ1) is 7.47. The maximum Gasteiger partial charge on any atom is 0.240 e. The van der Waals surface area contributed by atoms with Gasteiger partial charge in [-0.05, 0) is 12.1 Å². The van der Waals surface area contributed by atoms with Crippen LogP contribution in [0.2, 0.25) is 0 Å². The van der Waals surface area contributed by atoms with Crippen molar-refractivity contribution in [3.8, 4) is 5.75 Å². The second-order valence-electron chi connectivity index (χ2n) is 4.11. The monoisotopic (exact) mass is 240 g/mol. The normalized spacial score (nSPS) is 11.2. The molecule has 0 spiro atoms. The fourth-order valence-electron chi connectivity index (χ4n) is 1.10. The molecule has 0 fully saturated rings. The van der Waals surface area contributed by atoms with Gasteiger partial charge in [-0.3, -0.25) is 10.2 Å². The molecule has 4 N–H and O–H groups in total. The van der Waals surface area contributed by atoms with Crippen molar-refractivity contribution in [3.05, 3.63) is 24.3 Å². The molecular formula is C11H16N2O2S. The number of carbonyl (C=O) groups is 1. The summed E-state index contributed by atoms with van der Waals surface area (Å²) in [6.07, 6.45) is 0. The summed E-state index contributed by atoms with van der Waals surface area (Å²) in [5.74, 6) is 5.67. The lowest BCUT2D eigenvalue weighted by molar-refractivity contribution is -0.128. The van der Waals surface area contributed by atoms with Crippen LogP contribution in [0.25, 0.3) is 0 Å². The second kappa shape index (κ2) is 5.23. The van der Waals surface area contributed by atoms with Crippen LogP contribution < -0.4 is 11.3 Å². The third kappa shape index (κ3) is 3.15. The topological polar surface area (TPSA) is 75.3 Å². The van der Waals surface area contributed by atoms with Gasteiger partial charge in [0.2, 0.25) is 5.91 Å². The number of para-hydroxylation sites is 1. The van der Waals surface area contributed by atoms with E-state index in [9.17, 15) is 9.90 Å². The summed E-state index contributed by atoms with van der Waals surface area (Å²) in [4.78, 5) is 12.2. The Labute approximate surface area is 99.2 Å². The van der Waals surface area contributed by atoms with E-state index in [1.165, 1.54) is 11.8 Å². The Balaban J connectivity index is 2.65. The smallest absolute Gasteiger partial charge is 0.240 e. The molecule has 0 radical (unpaired) electrons. The van der Waals surface area contributed by atoms with Crippen LogP contribution in [0, 0.1) is 5.41 Å². The minimum absolute atomic E-state index is 0.213. The number of nitrogens with two attached hydrogens (primary N) is 1. The summed E-state index contributed by atoms with van der Waals surface area (Å²) >= 11 is 1.43. The van der Waals surface area contributed by atoms with Gasteiger partial charge in [0.1, 0.15) is 5.75 Å². The van der Waals surface area contributed by atoms with Gasteiger partial charge in [-0.15, -0.1) is 11.8 Å². The van der Waals surface area contributed by atoms with Gasteiger partial charge in [-0.2, -0.15) is 0 Å². The zero-order chi connectivity index (χ0) is 12.2. The summed E-state index contributed by atoms with van der Waals surface area (Å²) in [7, 11) is 0. The van der Waals surface area contributed by atoms with Crippen LogP contribution in [0.3, 0.4) is 0 Å². The first-order valence-corrected chi connectivity index (χ1v) is 5.88. The number of hydrogen-bond acceptors (Lipinski definition) is 4. The Kier molecular flexibility index (Phi) is 4.20. The quantitative estimate of drug-likeness (QED) is 0.323. The number of rotatable bonds is 4. The van der Waals surface area contributed by atoms with E-state index in [0.29, 0.717) is 5.75 Å². The average molecular weight is 240 g/mol. The number of benzene rings is 1. The molecule has 0 saturated carbocycles. The van der Waals surface area contributed by atoms with E-state index >= 15 is 0 Å². The molecule has 0 bridgehead atoms. The molecule has 0 aliphatic heterocycles. The SMILES string of the molecule is CC(C)(CSc1ccccc1O)C(=O)NN. The second-order valence-corrected chi connectivity index (χ2v) is 5.13. The lowest BCUT2D eigenvalue weighted by atomic mass is 9.96. The van der Waals surface area contributed by atoms with E-state index in [1.807, 2.05) is 26.0 Å². The fourth-order valence-corrected chi connectivity index (χ4v) is 2.14. The summed E-state index contributed by atoms with van der Waals surface area (Å²) in [5.41, 5.74) is 1.57. The van der Waals surface area contributed by atoms with E-state index in [1.54, 1.807) is 12.1 Å². The number of phenols is 1. The molecule has 0 aliphatic carbocycles. The number of hydrazine groups is 1. The van der Waals surface area contributed by atoms with Gasteiger partial charge in [0, 0.05) is 10.6 Å². The van der Waals surface area contributed by atoms with Crippen LogP contribution >= 0.6 is 11.8 Å². The fraction of sp³-hybridized carbons (Fsp3) is 0.364. The summed E-state index contributed by atoms with van der Waals surface area (Å²) in [5, 5.41) is 9.56. The molecule has 0 aliphatic rings. The first kappa shape index (κ1) is 12.9. The minimum Gasteiger partial charge on any atom is -0.507 e. The molecule has 4 nitrogen and oxygen atoms in total. The maximum absolute atomic E-state index is 11.4. The third-order valence-electron chi connectivity index (χ3n) is 2.20. The Morgan fingerprint density at radius 1 is 1.50 bits per heavy atom. The summed E-state index contributed by atoms with van der Waals surface area (Å²) < 4.78 is 0. The highest BCUT2D eigenvalue weighted by Gasteiger charge is 2.27. The third-order valence-corrected chi connectivity index (χ3v) is 3.72. The lowest BCUT2D eigenvalue weighted by Gasteiger charge is -2.21. The Morgan fingerprint density at radius 3 is 2.69 bits per heavy atom. The Bertz CT molecular complexity index is 380. The van der Waals surface area contributed by atoms with Crippen LogP contribution in [0.15, 0.2) is 29.2 Å². The largest absolute Gasteiger partial charge is 0.507 e. The predicted octanol–water partition coefficient (Wildman–Crippen LogP) is 1.50. The number of nitrogens with one attached hydrogen (secondary N) is 1. The molecule has 5 heteroatoms. The molecule has 0 unspecified atom stereocenters. The van der Waals surface area contributed by atoms with Gasteiger partial charge in [0.25, 0.3) is 0 Å². The van der Waals surface area contributed by atoms with Gasteiger partial charge in [0.15, 0.2) is 0 Å². The number of aromatic hydroxyl groups is 1. The van der Waals surface area contributed by atoms with Crippen molar-refractivity contribution >= 4 is 17.7 Å². The molecule has 1 aromatic carbocycles. The number of hydrogen-bond donors (Lipinski definition) is 3. The molecule has 0 atom stereocenters. The highest BCUT2D eigenvalue weighted by Crippen LogP contribution is 2.32.